The third-order valence-corrected chi connectivity index (χ3v) is 8.64. The maximum absolute atomic E-state index is 12.7. The Morgan fingerprint density at radius 2 is 1.97 bits per heavy atom. The van der Waals surface area contributed by atoms with Crippen LogP contribution >= 0.6 is 11.8 Å². The van der Waals surface area contributed by atoms with Crippen molar-refractivity contribution in [3.8, 4) is 0 Å². The molecule has 1 fully saturated rings. The summed E-state index contributed by atoms with van der Waals surface area (Å²) >= 11 is 1.42. The molecule has 1 atom stereocenters. The summed E-state index contributed by atoms with van der Waals surface area (Å²) in [5.41, 5.74) is 0.489. The van der Waals surface area contributed by atoms with E-state index in [0.29, 0.717) is 44.6 Å². The van der Waals surface area contributed by atoms with E-state index in [2.05, 4.69) is 10.6 Å². The van der Waals surface area contributed by atoms with E-state index in [1.807, 2.05) is 6.92 Å². The van der Waals surface area contributed by atoms with Crippen LogP contribution in [0, 0.1) is 0 Å². The Morgan fingerprint density at radius 1 is 1.25 bits per heavy atom. The van der Waals surface area contributed by atoms with Crippen LogP contribution in [0.25, 0.3) is 0 Å². The minimum Gasteiger partial charge on any atom is -0.450 e. The van der Waals surface area contributed by atoms with Crippen molar-refractivity contribution in [3.05, 3.63) is 18.2 Å². The van der Waals surface area contributed by atoms with Crippen LogP contribution in [-0.2, 0) is 24.2 Å². The molecule has 2 aliphatic rings. The van der Waals surface area contributed by atoms with Crippen LogP contribution < -0.4 is 10.6 Å². The van der Waals surface area contributed by atoms with Crippen molar-refractivity contribution in [2.45, 2.75) is 60.6 Å². The summed E-state index contributed by atoms with van der Waals surface area (Å²) in [6.07, 6.45) is 1.37. The van der Waals surface area contributed by atoms with Crippen molar-refractivity contribution in [1.29, 1.82) is 0 Å². The van der Waals surface area contributed by atoms with E-state index >= 15 is 0 Å². The van der Waals surface area contributed by atoms with Crippen molar-refractivity contribution in [2.75, 3.05) is 30.8 Å². The fourth-order valence-corrected chi connectivity index (χ4v) is 5.94. The number of hydrogen-bond acceptors (Lipinski definition) is 7. The molecule has 0 saturated carbocycles. The molecule has 1 saturated heterocycles. The second kappa shape index (κ2) is 10.6. The van der Waals surface area contributed by atoms with Gasteiger partial charge in [0.1, 0.15) is 0 Å². The lowest BCUT2D eigenvalue weighted by molar-refractivity contribution is -0.121. The molecule has 0 spiro atoms. The summed E-state index contributed by atoms with van der Waals surface area (Å²) in [4.78, 5) is 38.7. The van der Waals surface area contributed by atoms with Crippen LogP contribution in [-0.4, -0.2) is 68.0 Å². The number of nitrogens with one attached hydrogen (secondary N) is 2. The van der Waals surface area contributed by atoms with Crippen LogP contribution in [0.5, 0.6) is 0 Å². The van der Waals surface area contributed by atoms with Crippen molar-refractivity contribution in [3.63, 3.8) is 0 Å². The summed E-state index contributed by atoms with van der Waals surface area (Å²) in [5.74, 6) is -0.790. The van der Waals surface area contributed by atoms with E-state index in [0.717, 1.165) is 4.90 Å². The van der Waals surface area contributed by atoms with E-state index in [-0.39, 0.29) is 46.3 Å². The van der Waals surface area contributed by atoms with Crippen LogP contribution in [0.3, 0.4) is 0 Å². The highest BCUT2D eigenvalue weighted by Crippen LogP contribution is 2.38. The highest BCUT2D eigenvalue weighted by Gasteiger charge is 2.28. The molecule has 11 heteroatoms. The molecule has 0 radical (unpaired) electrons. The number of piperidine rings is 1. The molecular formula is C21H29N3O6S2. The lowest BCUT2D eigenvalue weighted by Crippen LogP contribution is -2.46. The molecular weight excluding hydrogens is 454 g/mol. The van der Waals surface area contributed by atoms with E-state index in [9.17, 15) is 22.8 Å². The predicted octanol–water partition coefficient (Wildman–Crippen LogP) is 2.41. The number of fused-ring (bicyclic) bond motifs is 1. The number of anilines is 1. The number of nitrogens with zero attached hydrogens (tertiary/aromatic N) is 1. The van der Waals surface area contributed by atoms with Gasteiger partial charge in [-0.1, -0.05) is 6.92 Å². The lowest BCUT2D eigenvalue weighted by atomic mass is 10.1. The molecule has 2 N–H and O–H groups in total. The Balaban J connectivity index is 1.51. The van der Waals surface area contributed by atoms with Crippen LogP contribution in [0.2, 0.25) is 0 Å². The van der Waals surface area contributed by atoms with Crippen LogP contribution in [0.15, 0.2) is 28.0 Å². The van der Waals surface area contributed by atoms with Gasteiger partial charge in [0, 0.05) is 30.4 Å². The first-order valence-electron chi connectivity index (χ1n) is 10.8. The molecule has 0 aliphatic carbocycles. The average molecular weight is 484 g/mol. The van der Waals surface area contributed by atoms with Gasteiger partial charge in [-0.15, -0.1) is 11.8 Å². The number of ether oxygens (including phenoxy) is 1. The number of amides is 3. The van der Waals surface area contributed by atoms with Gasteiger partial charge >= 0.3 is 6.09 Å². The summed E-state index contributed by atoms with van der Waals surface area (Å²) in [6.45, 7) is 4.97. The fourth-order valence-electron chi connectivity index (χ4n) is 3.66. The highest BCUT2D eigenvalue weighted by atomic mass is 32.2. The van der Waals surface area contributed by atoms with Gasteiger partial charge in [0.15, 0.2) is 9.84 Å². The molecule has 0 bridgehead atoms. The number of hydrogen-bond donors (Lipinski definition) is 2. The molecule has 3 amide bonds. The first-order valence-corrected chi connectivity index (χ1v) is 13.3. The summed E-state index contributed by atoms with van der Waals surface area (Å²) in [5, 5.41) is 5.45. The SMILES string of the molecule is CCOC(=O)N1CCC(NC(=O)CCS(=O)(=O)c2ccc3c(c2)NC(=O)[C@@H](CC)S3)CC1. The van der Waals surface area contributed by atoms with Gasteiger partial charge in [0.25, 0.3) is 0 Å². The molecule has 3 rings (SSSR count). The van der Waals surface area contributed by atoms with E-state index in [1.54, 1.807) is 17.9 Å². The molecule has 9 nitrogen and oxygen atoms in total. The summed E-state index contributed by atoms with van der Waals surface area (Å²) in [7, 11) is -3.68. The largest absolute Gasteiger partial charge is 0.450 e. The quantitative estimate of drug-likeness (QED) is 0.611. The lowest BCUT2D eigenvalue weighted by Gasteiger charge is -2.31. The Kier molecular flexibility index (Phi) is 8.05. The highest BCUT2D eigenvalue weighted by molar-refractivity contribution is 8.01. The molecule has 1 aromatic rings. The number of sulfone groups is 1. The normalized spacial score (nSPS) is 19.1. The monoisotopic (exact) mass is 483 g/mol. The smallest absolute Gasteiger partial charge is 0.409 e. The van der Waals surface area contributed by atoms with E-state index in [4.69, 9.17) is 4.74 Å². The molecule has 2 heterocycles. The third-order valence-electron chi connectivity index (χ3n) is 5.48. The molecule has 32 heavy (non-hydrogen) atoms. The number of likely N-dealkylation sites (tertiary alicyclic amines) is 1. The Labute approximate surface area is 192 Å². The second-order valence-corrected chi connectivity index (χ2v) is 11.1. The van der Waals surface area contributed by atoms with Gasteiger partial charge < -0.3 is 20.3 Å². The van der Waals surface area contributed by atoms with Crippen molar-refractivity contribution in [2.24, 2.45) is 0 Å². The Bertz CT molecular complexity index is 974. The minimum atomic E-state index is -3.68. The third kappa shape index (κ3) is 5.94. The second-order valence-electron chi connectivity index (χ2n) is 7.76. The van der Waals surface area contributed by atoms with Gasteiger partial charge in [-0.2, -0.15) is 0 Å². The van der Waals surface area contributed by atoms with Crippen LogP contribution in [0.4, 0.5) is 10.5 Å². The minimum absolute atomic E-state index is 0.0858. The zero-order chi connectivity index (χ0) is 23.3. The van der Waals surface area contributed by atoms with Gasteiger partial charge in [0.05, 0.1) is 28.2 Å². The molecule has 0 unspecified atom stereocenters. The number of rotatable bonds is 7. The predicted molar refractivity (Wildman–Crippen MR) is 121 cm³/mol. The molecule has 1 aromatic carbocycles. The van der Waals surface area contributed by atoms with E-state index < -0.39 is 9.84 Å². The van der Waals surface area contributed by atoms with Crippen molar-refractivity contribution >= 4 is 45.2 Å². The number of carbonyl (C=O) groups excluding carboxylic acids is 3. The first-order chi connectivity index (χ1) is 15.2. The topological polar surface area (TPSA) is 122 Å². The maximum atomic E-state index is 12.7. The molecule has 0 aromatic heterocycles. The van der Waals surface area contributed by atoms with Crippen molar-refractivity contribution in [1.82, 2.24) is 10.2 Å². The first kappa shape index (κ1) is 24.4. The number of carbonyl (C=O) groups is 3. The molecule has 2 aliphatic heterocycles. The fraction of sp³-hybridized carbons (Fsp3) is 0.571. The zero-order valence-corrected chi connectivity index (χ0v) is 19.9. The van der Waals surface area contributed by atoms with Crippen LogP contribution in [0.1, 0.15) is 39.5 Å². The summed E-state index contributed by atoms with van der Waals surface area (Å²) in [6, 6.07) is 4.59. The standard InChI is InChI=1S/C21H29N3O6S2/c1-3-17-20(26)23-16-13-15(5-6-18(16)31-17)32(28,29)12-9-19(25)22-14-7-10-24(11-8-14)21(27)30-4-2/h5-6,13-14,17H,3-4,7-12H2,1-2H3,(H,22,25)(H,23,26)/t17-/m1/s1. The number of thioether (sulfide) groups is 1. The summed E-state index contributed by atoms with van der Waals surface area (Å²) < 4.78 is 30.5. The zero-order valence-electron chi connectivity index (χ0n) is 18.3. The van der Waals surface area contributed by atoms with E-state index in [1.165, 1.54) is 23.9 Å². The van der Waals surface area contributed by atoms with Gasteiger partial charge in [-0.05, 0) is 44.4 Å². The number of benzene rings is 1. The Hall–Kier alpha value is -2.27. The van der Waals surface area contributed by atoms with Gasteiger partial charge in [-0.25, -0.2) is 13.2 Å². The Morgan fingerprint density at radius 3 is 2.62 bits per heavy atom. The van der Waals surface area contributed by atoms with Gasteiger partial charge in [-0.3, -0.25) is 9.59 Å². The average Bonchev–Trinajstić information content (AvgIpc) is 2.77. The van der Waals surface area contributed by atoms with Crippen molar-refractivity contribution < 1.29 is 27.5 Å². The van der Waals surface area contributed by atoms with Gasteiger partial charge in [0.2, 0.25) is 11.8 Å². The maximum Gasteiger partial charge on any atom is 0.409 e. The molecule has 176 valence electrons.